The number of nitrogens with one attached hydrogen (secondary N) is 1. The summed E-state index contributed by atoms with van der Waals surface area (Å²) in [6.07, 6.45) is -5.08. The Morgan fingerprint density at radius 1 is 1.20 bits per heavy atom. The number of benzene rings is 2. The average molecular weight is 354 g/mol. The van der Waals surface area contributed by atoms with Crippen molar-refractivity contribution in [2.24, 2.45) is 0 Å². The number of fused-ring (bicyclic) bond motifs is 1. The number of nitro benzene ring substituents is 1. The first-order valence-corrected chi connectivity index (χ1v) is 7.32. The van der Waals surface area contributed by atoms with Crippen molar-refractivity contribution in [1.82, 2.24) is 0 Å². The van der Waals surface area contributed by atoms with Crippen LogP contribution in [0.5, 0.6) is 11.5 Å². The largest absolute Gasteiger partial charge is 0.486 e. The maximum absolute atomic E-state index is 12.7. The molecule has 0 unspecified atom stereocenters. The number of ether oxygens (including phenoxy) is 2. The molecular formula is C16H13F3N2O4. The van der Waals surface area contributed by atoms with E-state index in [9.17, 15) is 23.3 Å². The lowest BCUT2D eigenvalue weighted by atomic mass is 10.1. The van der Waals surface area contributed by atoms with Crippen LogP contribution >= 0.6 is 0 Å². The predicted molar refractivity (Wildman–Crippen MR) is 82.9 cm³/mol. The van der Waals surface area contributed by atoms with Crippen molar-refractivity contribution >= 4 is 11.4 Å². The number of nitro groups is 1. The first-order chi connectivity index (χ1) is 11.8. The molecule has 0 saturated heterocycles. The Hall–Kier alpha value is -2.97. The summed E-state index contributed by atoms with van der Waals surface area (Å²) in [6.45, 7) is 0.360. The van der Waals surface area contributed by atoms with Gasteiger partial charge in [0.1, 0.15) is 18.4 Å². The average Bonchev–Trinajstić information content (AvgIpc) is 2.58. The van der Waals surface area contributed by atoms with Gasteiger partial charge in [-0.05, 0) is 24.3 Å². The first-order valence-electron chi connectivity index (χ1n) is 7.32. The number of para-hydroxylation sites is 2. The first kappa shape index (κ1) is 16.9. The minimum atomic E-state index is -4.65. The van der Waals surface area contributed by atoms with Crippen LogP contribution < -0.4 is 14.8 Å². The molecule has 3 rings (SSSR count). The van der Waals surface area contributed by atoms with Crippen LogP contribution in [-0.2, 0) is 6.18 Å². The van der Waals surface area contributed by atoms with E-state index in [1.54, 1.807) is 24.3 Å². The fourth-order valence-electron chi connectivity index (χ4n) is 2.40. The van der Waals surface area contributed by atoms with E-state index in [-0.39, 0.29) is 18.8 Å². The van der Waals surface area contributed by atoms with Crippen molar-refractivity contribution in [3.05, 3.63) is 58.1 Å². The van der Waals surface area contributed by atoms with Crippen molar-refractivity contribution in [1.29, 1.82) is 0 Å². The van der Waals surface area contributed by atoms with Crippen LogP contribution in [0.2, 0.25) is 0 Å². The van der Waals surface area contributed by atoms with Gasteiger partial charge in [0.2, 0.25) is 0 Å². The normalized spacial score (nSPS) is 16.4. The second-order valence-corrected chi connectivity index (χ2v) is 5.37. The van der Waals surface area contributed by atoms with Crippen LogP contribution in [0.25, 0.3) is 0 Å². The standard InChI is InChI=1S/C16H13F3N2O4/c17-16(18,19)10-5-6-12(13(7-10)21(22)23)20-8-11-9-24-14-3-1-2-4-15(14)25-11/h1-7,11,20H,8-9H2/t11-/m0/s1. The molecule has 9 heteroatoms. The number of hydrogen-bond acceptors (Lipinski definition) is 5. The van der Waals surface area contributed by atoms with Crippen LogP contribution in [0.3, 0.4) is 0 Å². The lowest BCUT2D eigenvalue weighted by Crippen LogP contribution is -2.35. The number of hydrogen-bond donors (Lipinski definition) is 1. The lowest BCUT2D eigenvalue weighted by Gasteiger charge is -2.26. The molecule has 25 heavy (non-hydrogen) atoms. The number of halogens is 3. The lowest BCUT2D eigenvalue weighted by molar-refractivity contribution is -0.384. The summed E-state index contributed by atoms with van der Waals surface area (Å²) in [7, 11) is 0. The highest BCUT2D eigenvalue weighted by atomic mass is 19.4. The van der Waals surface area contributed by atoms with Crippen LogP contribution in [-0.4, -0.2) is 24.2 Å². The Morgan fingerprint density at radius 2 is 1.92 bits per heavy atom. The third kappa shape index (κ3) is 3.76. The molecule has 1 atom stereocenters. The fraction of sp³-hybridized carbons (Fsp3) is 0.250. The van der Waals surface area contributed by atoms with Crippen molar-refractivity contribution in [3.63, 3.8) is 0 Å². The summed E-state index contributed by atoms with van der Waals surface area (Å²) in [5.41, 5.74) is -1.73. The van der Waals surface area contributed by atoms with Gasteiger partial charge in [0, 0.05) is 6.07 Å². The van der Waals surface area contributed by atoms with Gasteiger partial charge in [-0.3, -0.25) is 10.1 Å². The summed E-state index contributed by atoms with van der Waals surface area (Å²) in [5.74, 6) is 1.14. The van der Waals surface area contributed by atoms with E-state index >= 15 is 0 Å². The third-order valence-corrected chi connectivity index (χ3v) is 3.61. The summed E-state index contributed by atoms with van der Waals surface area (Å²) < 4.78 is 49.3. The smallest absolute Gasteiger partial charge is 0.416 e. The second kappa shape index (κ2) is 6.50. The molecule has 0 aliphatic carbocycles. The number of nitrogens with zero attached hydrogens (tertiary/aromatic N) is 1. The summed E-state index contributed by atoms with van der Waals surface area (Å²) in [4.78, 5) is 10.2. The fourth-order valence-corrected chi connectivity index (χ4v) is 2.40. The summed E-state index contributed by atoms with van der Waals surface area (Å²) in [6, 6.07) is 9.39. The van der Waals surface area contributed by atoms with Gasteiger partial charge in [-0.1, -0.05) is 12.1 Å². The van der Waals surface area contributed by atoms with Gasteiger partial charge < -0.3 is 14.8 Å². The van der Waals surface area contributed by atoms with E-state index < -0.39 is 28.5 Å². The molecule has 132 valence electrons. The molecule has 0 bridgehead atoms. The van der Waals surface area contributed by atoms with Crippen LogP contribution in [0, 0.1) is 10.1 Å². The van der Waals surface area contributed by atoms with Gasteiger partial charge in [0.25, 0.3) is 5.69 Å². The van der Waals surface area contributed by atoms with Gasteiger partial charge in [0.05, 0.1) is 17.0 Å². The molecule has 0 radical (unpaired) electrons. The zero-order chi connectivity index (χ0) is 18.0. The number of rotatable bonds is 4. The Bertz CT molecular complexity index is 795. The minimum absolute atomic E-state index is 0.0135. The van der Waals surface area contributed by atoms with Crippen molar-refractivity contribution in [3.8, 4) is 11.5 Å². The van der Waals surface area contributed by atoms with Gasteiger partial charge in [-0.25, -0.2) is 0 Å². The molecule has 0 amide bonds. The molecule has 2 aromatic rings. The maximum Gasteiger partial charge on any atom is 0.416 e. The van der Waals surface area contributed by atoms with Crippen LogP contribution in [0.15, 0.2) is 42.5 Å². The minimum Gasteiger partial charge on any atom is -0.486 e. The molecule has 0 spiro atoms. The second-order valence-electron chi connectivity index (χ2n) is 5.37. The van der Waals surface area contributed by atoms with Crippen LogP contribution in [0.1, 0.15) is 5.56 Å². The molecule has 0 fully saturated rings. The number of anilines is 1. The Morgan fingerprint density at radius 3 is 2.60 bits per heavy atom. The van der Waals surface area contributed by atoms with E-state index in [4.69, 9.17) is 9.47 Å². The predicted octanol–water partition coefficient (Wildman–Crippen LogP) is 3.87. The topological polar surface area (TPSA) is 73.6 Å². The summed E-state index contributed by atoms with van der Waals surface area (Å²) in [5, 5.41) is 13.8. The molecule has 0 aromatic heterocycles. The zero-order valence-electron chi connectivity index (χ0n) is 12.7. The monoisotopic (exact) mass is 354 g/mol. The van der Waals surface area contributed by atoms with E-state index in [0.717, 1.165) is 12.1 Å². The molecular weight excluding hydrogens is 341 g/mol. The van der Waals surface area contributed by atoms with Gasteiger partial charge in [-0.15, -0.1) is 0 Å². The van der Waals surface area contributed by atoms with E-state index in [1.807, 2.05) is 0 Å². The van der Waals surface area contributed by atoms with E-state index in [1.165, 1.54) is 0 Å². The van der Waals surface area contributed by atoms with Crippen LogP contribution in [0.4, 0.5) is 24.5 Å². The molecule has 1 aliphatic rings. The van der Waals surface area contributed by atoms with Gasteiger partial charge in [0.15, 0.2) is 11.5 Å². The molecule has 1 N–H and O–H groups in total. The Balaban J connectivity index is 1.72. The molecule has 1 heterocycles. The molecule has 1 aliphatic heterocycles. The van der Waals surface area contributed by atoms with Gasteiger partial charge >= 0.3 is 6.18 Å². The van der Waals surface area contributed by atoms with Crippen molar-refractivity contribution < 1.29 is 27.6 Å². The molecule has 0 saturated carbocycles. The Kier molecular flexibility index (Phi) is 4.39. The SMILES string of the molecule is O=[N+]([O-])c1cc(C(F)(F)F)ccc1NC[C@H]1COc2ccccc2O1. The van der Waals surface area contributed by atoms with Gasteiger partial charge in [-0.2, -0.15) is 13.2 Å². The highest BCUT2D eigenvalue weighted by Gasteiger charge is 2.33. The summed E-state index contributed by atoms with van der Waals surface area (Å²) >= 11 is 0. The molecule has 6 nitrogen and oxygen atoms in total. The third-order valence-electron chi connectivity index (χ3n) is 3.61. The van der Waals surface area contributed by atoms with E-state index in [0.29, 0.717) is 17.6 Å². The van der Waals surface area contributed by atoms with Crippen molar-refractivity contribution in [2.45, 2.75) is 12.3 Å². The Labute approximate surface area is 140 Å². The zero-order valence-corrected chi connectivity index (χ0v) is 12.7. The van der Waals surface area contributed by atoms with Crippen molar-refractivity contribution in [2.75, 3.05) is 18.5 Å². The molecule has 2 aromatic carbocycles. The highest BCUT2D eigenvalue weighted by Crippen LogP contribution is 2.35. The van der Waals surface area contributed by atoms with E-state index in [2.05, 4.69) is 5.32 Å². The quantitative estimate of drug-likeness (QED) is 0.667. The number of alkyl halides is 3. The maximum atomic E-state index is 12.7. The highest BCUT2D eigenvalue weighted by molar-refractivity contribution is 5.63.